The molecule has 0 saturated carbocycles. The van der Waals surface area contributed by atoms with Crippen LogP contribution in [0.4, 0.5) is 26.7 Å². The van der Waals surface area contributed by atoms with Gasteiger partial charge in [-0.15, -0.1) is 0 Å². The quantitative estimate of drug-likeness (QED) is 0.0168. The number of nitro groups is 2. The number of urea groups is 1. The molecule has 3 aliphatic heterocycles. The third-order valence-electron chi connectivity index (χ3n) is 15.0. The zero-order valence-electron chi connectivity index (χ0n) is 48.3. The first-order valence-corrected chi connectivity index (χ1v) is 28.4. The second kappa shape index (κ2) is 28.5. The fraction of sp³-hybridized carbons (Fsp3) is 0.333. The third-order valence-corrected chi connectivity index (χ3v) is 15.0. The average molecular weight is 1220 g/mol. The highest BCUT2D eigenvalue weighted by Crippen LogP contribution is 2.35. The molecule has 0 aromatic heterocycles. The highest BCUT2D eigenvalue weighted by molar-refractivity contribution is 6.27. The minimum absolute atomic E-state index is 0.00620. The number of primary amides is 1. The van der Waals surface area contributed by atoms with E-state index in [1.54, 1.807) is 13.8 Å². The molecule has 13 amide bonds. The second-order valence-corrected chi connectivity index (χ2v) is 21.5. The molecule has 0 saturated heterocycles. The number of nitro benzene ring substituents is 2. The number of amides is 13. The van der Waals surface area contributed by atoms with Gasteiger partial charge in [0.05, 0.1) is 21.0 Å². The Hall–Kier alpha value is -11.0. The van der Waals surface area contributed by atoms with Crippen LogP contribution in [0.5, 0.6) is 0 Å². The van der Waals surface area contributed by atoms with Crippen LogP contribution in [-0.2, 0) is 40.1 Å². The van der Waals surface area contributed by atoms with Crippen LogP contribution in [0.15, 0.2) is 97.1 Å². The van der Waals surface area contributed by atoms with Crippen molar-refractivity contribution in [2.45, 2.75) is 77.5 Å². The number of ether oxygens (including phenoxy) is 1. The van der Waals surface area contributed by atoms with Crippen molar-refractivity contribution in [3.63, 3.8) is 0 Å². The Morgan fingerprint density at radius 2 is 1.18 bits per heavy atom. The summed E-state index contributed by atoms with van der Waals surface area (Å²) in [6.07, 6.45) is 3.14. The van der Waals surface area contributed by atoms with Crippen molar-refractivity contribution >= 4 is 110 Å². The number of non-ortho nitro benzene ring substituents is 2. The Morgan fingerprint density at radius 3 is 1.76 bits per heavy atom. The zero-order chi connectivity index (χ0) is 64.2. The average Bonchev–Trinajstić information content (AvgIpc) is 1.57. The molecule has 1 unspecified atom stereocenters. The zero-order valence-corrected chi connectivity index (χ0v) is 48.3. The number of carbonyl (C=O) groups is 12. The van der Waals surface area contributed by atoms with E-state index in [-0.39, 0.29) is 115 Å². The number of nitrogens with one attached hydrogen (secondary N) is 5. The summed E-state index contributed by atoms with van der Waals surface area (Å²) in [5.74, 6) is -7.04. The number of hydrogen-bond donors (Lipinski definition) is 6. The Bertz CT molecular complexity index is 3760. The SMILES string of the molecule is CC(C)C(NC(=O)CCCCCN1C(=O)C=CC1=O)C(=O)N[C@@H](CCCNC(N)=O)C(=O)Nc1ccc(COC(=O)N(CCCNC(=O)CN2C(=O)c3cccc4cc([N+](=O)[O-])cc(c34)C2=O)CCN2C(=O)c3cccc4cc([N+](=O)[O-])cc(c34)C2=O)cc1. The van der Waals surface area contributed by atoms with E-state index in [0.717, 1.165) is 26.8 Å². The highest BCUT2D eigenvalue weighted by atomic mass is 16.6. The molecule has 0 aliphatic carbocycles. The number of rotatable bonds is 29. The van der Waals surface area contributed by atoms with Gasteiger partial charge in [0, 0.05) is 110 Å². The van der Waals surface area contributed by atoms with Gasteiger partial charge in [0.2, 0.25) is 23.6 Å². The number of imide groups is 3. The molecule has 7 N–H and O–H groups in total. The van der Waals surface area contributed by atoms with E-state index in [2.05, 4.69) is 26.6 Å². The van der Waals surface area contributed by atoms with Gasteiger partial charge in [0.1, 0.15) is 25.2 Å². The molecular formula is C60H62N12O17. The van der Waals surface area contributed by atoms with Gasteiger partial charge in [-0.1, -0.05) is 56.7 Å². The molecule has 3 aliphatic rings. The van der Waals surface area contributed by atoms with Crippen LogP contribution < -0.4 is 32.3 Å². The second-order valence-electron chi connectivity index (χ2n) is 21.5. The molecular weight excluding hydrogens is 1160 g/mol. The van der Waals surface area contributed by atoms with Gasteiger partial charge in [-0.25, -0.2) is 9.59 Å². The van der Waals surface area contributed by atoms with Gasteiger partial charge in [-0.3, -0.25) is 82.9 Å². The molecule has 89 heavy (non-hydrogen) atoms. The van der Waals surface area contributed by atoms with Gasteiger partial charge in [0.25, 0.3) is 46.8 Å². The third kappa shape index (κ3) is 15.3. The van der Waals surface area contributed by atoms with Crippen LogP contribution in [0.3, 0.4) is 0 Å². The number of anilines is 1. The van der Waals surface area contributed by atoms with E-state index in [4.69, 9.17) is 10.5 Å². The fourth-order valence-corrected chi connectivity index (χ4v) is 10.4. The minimum Gasteiger partial charge on any atom is -0.445 e. The van der Waals surface area contributed by atoms with Gasteiger partial charge >= 0.3 is 12.1 Å². The number of nitrogens with two attached hydrogens (primary N) is 1. The van der Waals surface area contributed by atoms with Crippen molar-refractivity contribution in [3.05, 3.63) is 145 Å². The Kier molecular flexibility index (Phi) is 20.5. The Balaban J connectivity index is 0.894. The molecule has 5 aromatic rings. The van der Waals surface area contributed by atoms with E-state index in [1.165, 1.54) is 84.9 Å². The monoisotopic (exact) mass is 1220 g/mol. The smallest absolute Gasteiger partial charge is 0.410 e. The molecule has 0 radical (unpaired) electrons. The molecule has 2 atom stereocenters. The summed E-state index contributed by atoms with van der Waals surface area (Å²) in [7, 11) is 0. The molecule has 5 aromatic carbocycles. The topological polar surface area (TPSA) is 399 Å². The highest BCUT2D eigenvalue weighted by Gasteiger charge is 2.38. The van der Waals surface area contributed by atoms with Gasteiger partial charge in [-0.2, -0.15) is 0 Å². The molecule has 29 heteroatoms. The molecule has 464 valence electrons. The molecule has 3 heterocycles. The largest absolute Gasteiger partial charge is 0.445 e. The molecule has 0 fully saturated rings. The summed E-state index contributed by atoms with van der Waals surface area (Å²) < 4.78 is 5.69. The maximum atomic E-state index is 14.0. The van der Waals surface area contributed by atoms with Crippen LogP contribution in [0.25, 0.3) is 21.5 Å². The summed E-state index contributed by atoms with van der Waals surface area (Å²) in [4.78, 5) is 184. The number of hydrogen-bond acceptors (Lipinski definition) is 17. The summed E-state index contributed by atoms with van der Waals surface area (Å²) in [6.45, 7) is 1.51. The van der Waals surface area contributed by atoms with Crippen molar-refractivity contribution in [1.82, 2.24) is 40.9 Å². The van der Waals surface area contributed by atoms with Crippen molar-refractivity contribution in [2.24, 2.45) is 11.7 Å². The Morgan fingerprint density at radius 1 is 0.607 bits per heavy atom. The molecule has 0 bridgehead atoms. The number of unbranched alkanes of at least 4 members (excludes halogenated alkanes) is 2. The summed E-state index contributed by atoms with van der Waals surface area (Å²) >= 11 is 0. The predicted octanol–water partition coefficient (Wildman–Crippen LogP) is 4.34. The lowest BCUT2D eigenvalue weighted by atomic mass is 9.93. The van der Waals surface area contributed by atoms with Crippen LogP contribution in [0.2, 0.25) is 0 Å². The summed E-state index contributed by atoms with van der Waals surface area (Å²) in [5, 5.41) is 37.7. The maximum absolute atomic E-state index is 14.0. The number of nitrogens with zero attached hydrogens (tertiary/aromatic N) is 6. The van der Waals surface area contributed by atoms with Crippen molar-refractivity contribution in [2.75, 3.05) is 51.1 Å². The molecule has 29 nitrogen and oxygen atoms in total. The van der Waals surface area contributed by atoms with E-state index >= 15 is 0 Å². The van der Waals surface area contributed by atoms with E-state index < -0.39 is 118 Å². The lowest BCUT2D eigenvalue weighted by Crippen LogP contribution is -2.54. The predicted molar refractivity (Wildman–Crippen MR) is 316 cm³/mol. The van der Waals surface area contributed by atoms with E-state index in [1.807, 2.05) is 0 Å². The fourth-order valence-electron chi connectivity index (χ4n) is 10.4. The van der Waals surface area contributed by atoms with Gasteiger partial charge < -0.3 is 42.0 Å². The standard InChI is InChI=1S/C60H62N12O17/c1-34(2)52(66-46(73)15-4-3-5-25-68-48(75)20-21-49(68)76)54(78)65-45(14-8-22-63-59(61)83)53(77)64-38-18-16-35(17-19-38)33-89-60(84)67(26-27-69-55(79)41-12-6-10-36-28-39(71(85)86)30-43(50(36)41)57(69)81)24-9-23-62-47(74)32-70-56(80)42-13-7-11-37-29-40(72(87)88)31-44(51(37)42)58(70)82/h6-7,10-13,16-21,28-31,34,45,52H,3-5,8-9,14-15,22-27,32-33H2,1-2H3,(H,62,74)(H,64,77)(H,65,78)(H,66,73)(H3,61,63,83)/t45-,52?/m0/s1. The number of carbonyl (C=O) groups excluding carboxylic acids is 12. The molecule has 0 spiro atoms. The van der Waals surface area contributed by atoms with Crippen LogP contribution in [0, 0.1) is 26.1 Å². The van der Waals surface area contributed by atoms with Crippen molar-refractivity contribution < 1.29 is 72.1 Å². The lowest BCUT2D eigenvalue weighted by Gasteiger charge is -2.30. The van der Waals surface area contributed by atoms with Crippen molar-refractivity contribution in [3.8, 4) is 0 Å². The van der Waals surface area contributed by atoms with E-state index in [9.17, 15) is 77.8 Å². The maximum Gasteiger partial charge on any atom is 0.410 e. The first-order valence-electron chi connectivity index (χ1n) is 28.4. The minimum atomic E-state index is -1.18. The summed E-state index contributed by atoms with van der Waals surface area (Å²) in [5.41, 5.74) is 5.04. The summed E-state index contributed by atoms with van der Waals surface area (Å²) in [6, 6.07) is 16.6. The van der Waals surface area contributed by atoms with Crippen LogP contribution in [0.1, 0.15) is 106 Å². The molecule has 8 rings (SSSR count). The first-order chi connectivity index (χ1) is 42.5. The van der Waals surface area contributed by atoms with Gasteiger partial charge in [0.15, 0.2) is 0 Å². The van der Waals surface area contributed by atoms with Crippen LogP contribution in [-0.4, -0.2) is 159 Å². The van der Waals surface area contributed by atoms with Crippen molar-refractivity contribution in [1.29, 1.82) is 0 Å². The Labute approximate surface area is 506 Å². The lowest BCUT2D eigenvalue weighted by molar-refractivity contribution is -0.384. The van der Waals surface area contributed by atoms with E-state index in [0.29, 0.717) is 35.1 Å². The number of benzene rings is 5. The normalized spacial score (nSPS) is 14.0. The van der Waals surface area contributed by atoms with Crippen LogP contribution >= 0.6 is 0 Å². The van der Waals surface area contributed by atoms with Gasteiger partial charge in [-0.05, 0) is 78.6 Å². The first kappa shape index (κ1) is 64.0.